The van der Waals surface area contributed by atoms with Gasteiger partial charge in [-0.2, -0.15) is 0 Å². The molecule has 0 atom stereocenters. The summed E-state index contributed by atoms with van der Waals surface area (Å²) in [6, 6.07) is 10.0. The second kappa shape index (κ2) is 11.3. The van der Waals surface area contributed by atoms with Crippen molar-refractivity contribution in [1.29, 1.82) is 0 Å². The van der Waals surface area contributed by atoms with Crippen molar-refractivity contribution in [3.8, 4) is 11.3 Å². The average Bonchev–Trinajstić information content (AvgIpc) is 3.06. The quantitative estimate of drug-likeness (QED) is 0.249. The van der Waals surface area contributed by atoms with E-state index in [0.717, 1.165) is 29.6 Å². The number of H-pyrrole nitrogens is 1. The molecule has 9 heteroatoms. The Bertz CT molecular complexity index is 821. The van der Waals surface area contributed by atoms with Crippen molar-refractivity contribution < 1.29 is 8.42 Å². The maximum atomic E-state index is 11.2. The van der Waals surface area contributed by atoms with Crippen LogP contribution in [0.4, 0.5) is 0 Å². The van der Waals surface area contributed by atoms with Crippen LogP contribution < -0.4 is 5.32 Å². The van der Waals surface area contributed by atoms with Crippen LogP contribution in [0.3, 0.4) is 0 Å². The molecule has 0 saturated carbocycles. The molecular weight excluding hydrogens is 477 g/mol. The number of halogens is 1. The van der Waals surface area contributed by atoms with E-state index in [0.29, 0.717) is 19.5 Å². The van der Waals surface area contributed by atoms with Crippen LogP contribution in [0.5, 0.6) is 0 Å². The molecule has 0 aliphatic rings. The van der Waals surface area contributed by atoms with Crippen molar-refractivity contribution in [2.75, 3.05) is 32.1 Å². The fourth-order valence-corrected chi connectivity index (χ4v) is 3.14. The van der Waals surface area contributed by atoms with Gasteiger partial charge in [0.25, 0.3) is 0 Å². The first-order valence-electron chi connectivity index (χ1n) is 8.65. The fraction of sp³-hybridized carbons (Fsp3) is 0.444. The van der Waals surface area contributed by atoms with Crippen LogP contribution in [-0.2, 0) is 16.4 Å². The minimum atomic E-state index is -2.95. The van der Waals surface area contributed by atoms with E-state index in [-0.39, 0.29) is 29.7 Å². The number of hydrogen-bond acceptors (Lipinski definition) is 4. The zero-order valence-electron chi connectivity index (χ0n) is 16.0. The lowest BCUT2D eigenvalue weighted by atomic mass is 10.2. The van der Waals surface area contributed by atoms with Gasteiger partial charge in [-0.05, 0) is 18.9 Å². The topological polar surface area (TPSA) is 90.4 Å². The Morgan fingerprint density at radius 2 is 2.00 bits per heavy atom. The fourth-order valence-electron chi connectivity index (χ4n) is 2.49. The number of guanidine groups is 1. The second-order valence-electron chi connectivity index (χ2n) is 6.18. The summed E-state index contributed by atoms with van der Waals surface area (Å²) in [5, 5.41) is 3.22. The Balaban J connectivity index is 0.00000364. The van der Waals surface area contributed by atoms with Crippen LogP contribution in [0, 0.1) is 0 Å². The average molecular weight is 505 g/mol. The van der Waals surface area contributed by atoms with Crippen LogP contribution in [-0.4, -0.2) is 61.4 Å². The number of hydrogen-bond donors (Lipinski definition) is 2. The largest absolute Gasteiger partial charge is 0.357 e. The first kappa shape index (κ1) is 23.4. The number of aliphatic imine (C=N–C) groups is 1. The van der Waals surface area contributed by atoms with Crippen molar-refractivity contribution in [2.45, 2.75) is 19.9 Å². The minimum absolute atomic E-state index is 0. The van der Waals surface area contributed by atoms with Gasteiger partial charge in [0.15, 0.2) is 5.96 Å². The molecule has 0 saturated heterocycles. The van der Waals surface area contributed by atoms with Crippen LogP contribution in [0.1, 0.15) is 19.2 Å². The van der Waals surface area contributed by atoms with Crippen LogP contribution in [0.25, 0.3) is 11.3 Å². The molecule has 150 valence electrons. The molecule has 0 bridgehead atoms. The Labute approximate surface area is 178 Å². The number of benzene rings is 1. The number of rotatable bonds is 8. The smallest absolute Gasteiger partial charge is 0.194 e. The third-order valence-corrected chi connectivity index (χ3v) is 4.76. The number of aromatic amines is 1. The molecule has 0 fully saturated rings. The van der Waals surface area contributed by atoms with E-state index in [9.17, 15) is 8.42 Å². The number of sulfone groups is 1. The summed E-state index contributed by atoms with van der Waals surface area (Å²) in [6.45, 7) is 3.78. The Morgan fingerprint density at radius 3 is 2.63 bits per heavy atom. The molecule has 7 nitrogen and oxygen atoms in total. The molecule has 0 spiro atoms. The molecular formula is C18H28IN5O2S. The third kappa shape index (κ3) is 8.29. The summed E-state index contributed by atoms with van der Waals surface area (Å²) in [5.41, 5.74) is 2.07. The van der Waals surface area contributed by atoms with E-state index in [2.05, 4.69) is 20.3 Å². The second-order valence-corrected chi connectivity index (χ2v) is 8.44. The standard InChI is InChI=1S/C18H27N5O2S.HI/c1-4-19-18(20-11-8-12-26(3,24)25)23(2)14-17-21-13-16(22-17)15-9-6-5-7-10-15;/h5-7,9-10,13H,4,8,11-12,14H2,1-3H3,(H,19,20)(H,21,22);1H. The summed E-state index contributed by atoms with van der Waals surface area (Å²) < 4.78 is 22.4. The SMILES string of the molecule is CCNC(=NCCCS(C)(=O)=O)N(C)Cc1ncc(-c2ccccc2)[nH]1.I. The van der Waals surface area contributed by atoms with E-state index >= 15 is 0 Å². The monoisotopic (exact) mass is 505 g/mol. The molecule has 2 aromatic rings. The maximum absolute atomic E-state index is 11.2. The van der Waals surface area contributed by atoms with Gasteiger partial charge in [-0.25, -0.2) is 13.4 Å². The lowest BCUT2D eigenvalue weighted by Crippen LogP contribution is -2.38. The third-order valence-electron chi connectivity index (χ3n) is 3.73. The van der Waals surface area contributed by atoms with Crippen molar-refractivity contribution in [3.05, 3.63) is 42.4 Å². The normalized spacial score (nSPS) is 11.7. The number of aromatic nitrogens is 2. The van der Waals surface area contributed by atoms with Gasteiger partial charge < -0.3 is 15.2 Å². The minimum Gasteiger partial charge on any atom is -0.357 e. The van der Waals surface area contributed by atoms with E-state index in [1.807, 2.05) is 55.4 Å². The first-order chi connectivity index (χ1) is 12.4. The van der Waals surface area contributed by atoms with Gasteiger partial charge >= 0.3 is 0 Å². The van der Waals surface area contributed by atoms with Crippen molar-refractivity contribution in [3.63, 3.8) is 0 Å². The molecule has 1 aromatic carbocycles. The summed E-state index contributed by atoms with van der Waals surface area (Å²) in [5.74, 6) is 1.73. The number of imidazole rings is 1. The molecule has 1 heterocycles. The molecule has 0 unspecified atom stereocenters. The van der Waals surface area contributed by atoms with Gasteiger partial charge in [0.2, 0.25) is 0 Å². The molecule has 0 amide bonds. The Morgan fingerprint density at radius 1 is 1.30 bits per heavy atom. The first-order valence-corrected chi connectivity index (χ1v) is 10.7. The highest BCUT2D eigenvalue weighted by atomic mass is 127. The summed E-state index contributed by atoms with van der Waals surface area (Å²) in [4.78, 5) is 14.2. The van der Waals surface area contributed by atoms with Gasteiger partial charge in [0.1, 0.15) is 15.7 Å². The zero-order chi connectivity index (χ0) is 19.0. The lowest BCUT2D eigenvalue weighted by Gasteiger charge is -2.21. The van der Waals surface area contributed by atoms with E-state index in [1.165, 1.54) is 6.26 Å². The van der Waals surface area contributed by atoms with Crippen LogP contribution in [0.15, 0.2) is 41.5 Å². The van der Waals surface area contributed by atoms with Gasteiger partial charge in [-0.1, -0.05) is 30.3 Å². The van der Waals surface area contributed by atoms with E-state index in [1.54, 1.807) is 0 Å². The summed E-state index contributed by atoms with van der Waals surface area (Å²) >= 11 is 0. The number of nitrogens with zero attached hydrogens (tertiary/aromatic N) is 3. The highest BCUT2D eigenvalue weighted by molar-refractivity contribution is 14.0. The zero-order valence-corrected chi connectivity index (χ0v) is 19.1. The lowest BCUT2D eigenvalue weighted by molar-refractivity contribution is 0.464. The van der Waals surface area contributed by atoms with Crippen molar-refractivity contribution in [2.24, 2.45) is 4.99 Å². The van der Waals surface area contributed by atoms with Gasteiger partial charge in [-0.3, -0.25) is 4.99 Å². The number of nitrogens with one attached hydrogen (secondary N) is 2. The summed E-state index contributed by atoms with van der Waals surface area (Å²) in [6.07, 6.45) is 3.59. The molecule has 1 aromatic heterocycles. The van der Waals surface area contributed by atoms with Gasteiger partial charge in [0.05, 0.1) is 24.2 Å². The Kier molecular flexibility index (Phi) is 9.78. The molecule has 2 N–H and O–H groups in total. The molecule has 27 heavy (non-hydrogen) atoms. The van der Waals surface area contributed by atoms with Gasteiger partial charge in [-0.15, -0.1) is 24.0 Å². The summed E-state index contributed by atoms with van der Waals surface area (Å²) in [7, 11) is -1.01. The molecule has 0 aliphatic heterocycles. The van der Waals surface area contributed by atoms with Crippen molar-refractivity contribution in [1.82, 2.24) is 20.2 Å². The Hall–Kier alpha value is -1.62. The van der Waals surface area contributed by atoms with Gasteiger partial charge in [0, 0.05) is 26.4 Å². The highest BCUT2D eigenvalue weighted by Crippen LogP contribution is 2.16. The van der Waals surface area contributed by atoms with Crippen LogP contribution >= 0.6 is 24.0 Å². The van der Waals surface area contributed by atoms with E-state index < -0.39 is 9.84 Å². The predicted molar refractivity (Wildman–Crippen MR) is 121 cm³/mol. The molecule has 2 rings (SSSR count). The van der Waals surface area contributed by atoms with E-state index in [4.69, 9.17) is 0 Å². The molecule has 0 radical (unpaired) electrons. The highest BCUT2D eigenvalue weighted by Gasteiger charge is 2.10. The predicted octanol–water partition coefficient (Wildman–Crippen LogP) is 2.53. The van der Waals surface area contributed by atoms with Crippen molar-refractivity contribution >= 4 is 39.8 Å². The van der Waals surface area contributed by atoms with Crippen LogP contribution in [0.2, 0.25) is 0 Å². The maximum Gasteiger partial charge on any atom is 0.194 e. The molecule has 0 aliphatic carbocycles.